The van der Waals surface area contributed by atoms with Gasteiger partial charge < -0.3 is 10.2 Å². The third-order valence-corrected chi connectivity index (χ3v) is 2.36. The van der Waals surface area contributed by atoms with E-state index < -0.39 is 5.41 Å². The highest BCUT2D eigenvalue weighted by atomic mass is 16.3. The van der Waals surface area contributed by atoms with Crippen molar-refractivity contribution in [1.29, 1.82) is 5.26 Å². The predicted molar refractivity (Wildman–Crippen MR) is 52.8 cm³/mol. The molecule has 0 saturated carbocycles. The summed E-state index contributed by atoms with van der Waals surface area (Å²) in [5, 5.41) is 27.0. The molecule has 3 heteroatoms. The molecule has 0 amide bonds. The number of hydrogen-bond acceptors (Lipinski definition) is 3. The number of phenolic OH excluding ortho intramolecular Hbond substituents is 1. The molecule has 0 aliphatic heterocycles. The lowest BCUT2D eigenvalue weighted by Gasteiger charge is -2.20. The van der Waals surface area contributed by atoms with Crippen molar-refractivity contribution < 1.29 is 10.2 Å². The SMILES string of the molecule is CC(C#N)(CCO)c1ccc(O)cc1. The summed E-state index contributed by atoms with van der Waals surface area (Å²) in [6.45, 7) is 1.75. The van der Waals surface area contributed by atoms with Crippen molar-refractivity contribution in [2.45, 2.75) is 18.8 Å². The summed E-state index contributed by atoms with van der Waals surface area (Å²) in [6.07, 6.45) is 0.397. The van der Waals surface area contributed by atoms with Gasteiger partial charge in [-0.2, -0.15) is 5.26 Å². The van der Waals surface area contributed by atoms with E-state index in [1.807, 2.05) is 0 Å². The Balaban J connectivity index is 3.01. The van der Waals surface area contributed by atoms with Gasteiger partial charge in [0, 0.05) is 6.61 Å². The average Bonchev–Trinajstić information content (AvgIpc) is 2.19. The number of aliphatic hydroxyl groups excluding tert-OH is 1. The monoisotopic (exact) mass is 191 g/mol. The Labute approximate surface area is 83.2 Å². The first-order valence-electron chi connectivity index (χ1n) is 4.44. The van der Waals surface area contributed by atoms with Crippen LogP contribution in [0.25, 0.3) is 0 Å². The summed E-state index contributed by atoms with van der Waals surface area (Å²) in [5.74, 6) is 0.179. The molecule has 0 aliphatic rings. The highest BCUT2D eigenvalue weighted by Crippen LogP contribution is 2.27. The molecule has 0 spiro atoms. The number of aromatic hydroxyl groups is 1. The van der Waals surface area contributed by atoms with Gasteiger partial charge >= 0.3 is 0 Å². The number of phenols is 1. The van der Waals surface area contributed by atoms with Crippen LogP contribution in [0.4, 0.5) is 0 Å². The van der Waals surface area contributed by atoms with Crippen molar-refractivity contribution in [1.82, 2.24) is 0 Å². The Morgan fingerprint density at radius 1 is 1.36 bits per heavy atom. The molecule has 0 saturated heterocycles. The molecule has 1 atom stereocenters. The van der Waals surface area contributed by atoms with Crippen LogP contribution in [-0.4, -0.2) is 16.8 Å². The first-order chi connectivity index (χ1) is 6.62. The fourth-order valence-corrected chi connectivity index (χ4v) is 1.32. The maximum atomic E-state index is 9.09. The molecule has 0 heterocycles. The highest BCUT2D eigenvalue weighted by molar-refractivity contribution is 5.35. The molecule has 0 bridgehead atoms. The standard InChI is InChI=1S/C11H13NO2/c1-11(8-12,6-7-13)9-2-4-10(14)5-3-9/h2-5,13-14H,6-7H2,1H3. The molecule has 1 aromatic rings. The van der Waals surface area contributed by atoms with Crippen molar-refractivity contribution >= 4 is 0 Å². The van der Waals surface area contributed by atoms with E-state index in [9.17, 15) is 0 Å². The second kappa shape index (κ2) is 4.12. The van der Waals surface area contributed by atoms with Gasteiger partial charge in [0.05, 0.1) is 11.5 Å². The van der Waals surface area contributed by atoms with Crippen LogP contribution in [0, 0.1) is 11.3 Å². The molecule has 3 nitrogen and oxygen atoms in total. The molecule has 14 heavy (non-hydrogen) atoms. The van der Waals surface area contributed by atoms with Crippen LogP contribution >= 0.6 is 0 Å². The van der Waals surface area contributed by atoms with Gasteiger partial charge in [-0.25, -0.2) is 0 Å². The number of aliphatic hydroxyl groups is 1. The van der Waals surface area contributed by atoms with Crippen molar-refractivity contribution in [3.8, 4) is 11.8 Å². The first-order valence-corrected chi connectivity index (χ1v) is 4.44. The van der Waals surface area contributed by atoms with Crippen LogP contribution in [0.3, 0.4) is 0 Å². The van der Waals surface area contributed by atoms with Crippen LogP contribution in [0.5, 0.6) is 5.75 Å². The predicted octanol–water partition coefficient (Wildman–Crippen LogP) is 1.56. The van der Waals surface area contributed by atoms with E-state index >= 15 is 0 Å². The number of benzene rings is 1. The first kappa shape index (κ1) is 10.6. The largest absolute Gasteiger partial charge is 0.508 e. The summed E-state index contributed by atoms with van der Waals surface area (Å²) >= 11 is 0. The maximum absolute atomic E-state index is 9.09. The topological polar surface area (TPSA) is 64.2 Å². The van der Waals surface area contributed by atoms with Gasteiger partial charge in [-0.1, -0.05) is 12.1 Å². The van der Waals surface area contributed by atoms with Gasteiger partial charge in [0.1, 0.15) is 5.75 Å². The number of hydrogen-bond donors (Lipinski definition) is 2. The third kappa shape index (κ3) is 2.04. The Morgan fingerprint density at radius 2 is 1.93 bits per heavy atom. The zero-order valence-corrected chi connectivity index (χ0v) is 8.07. The molecule has 2 N–H and O–H groups in total. The molecule has 0 aliphatic carbocycles. The molecule has 0 aromatic heterocycles. The Hall–Kier alpha value is -1.53. The van der Waals surface area contributed by atoms with Gasteiger partial charge in [-0.15, -0.1) is 0 Å². The van der Waals surface area contributed by atoms with Gasteiger partial charge in [-0.3, -0.25) is 0 Å². The van der Waals surface area contributed by atoms with Crippen molar-refractivity contribution in [3.63, 3.8) is 0 Å². The van der Waals surface area contributed by atoms with Crippen LogP contribution in [0.1, 0.15) is 18.9 Å². The molecule has 74 valence electrons. The Kier molecular flexibility index (Phi) is 3.10. The molecule has 1 aromatic carbocycles. The van der Waals surface area contributed by atoms with Crippen LogP contribution in [-0.2, 0) is 5.41 Å². The molecule has 1 unspecified atom stereocenters. The second-order valence-corrected chi connectivity index (χ2v) is 3.46. The molecule has 0 radical (unpaired) electrons. The summed E-state index contributed by atoms with van der Waals surface area (Å²) in [4.78, 5) is 0. The van der Waals surface area contributed by atoms with Crippen molar-refractivity contribution in [2.24, 2.45) is 0 Å². The van der Waals surface area contributed by atoms with E-state index in [2.05, 4.69) is 6.07 Å². The Bertz CT molecular complexity index is 339. The van der Waals surface area contributed by atoms with Gasteiger partial charge in [0.15, 0.2) is 0 Å². The third-order valence-electron chi connectivity index (χ3n) is 2.36. The van der Waals surface area contributed by atoms with Gasteiger partial charge in [-0.05, 0) is 31.0 Å². The fraction of sp³-hybridized carbons (Fsp3) is 0.364. The zero-order valence-electron chi connectivity index (χ0n) is 8.07. The molecule has 1 rings (SSSR count). The average molecular weight is 191 g/mol. The maximum Gasteiger partial charge on any atom is 0.115 e. The summed E-state index contributed by atoms with van der Waals surface area (Å²) < 4.78 is 0. The Morgan fingerprint density at radius 3 is 2.36 bits per heavy atom. The second-order valence-electron chi connectivity index (χ2n) is 3.46. The van der Waals surface area contributed by atoms with Gasteiger partial charge in [0.25, 0.3) is 0 Å². The van der Waals surface area contributed by atoms with Crippen LogP contribution in [0.2, 0.25) is 0 Å². The van der Waals surface area contributed by atoms with E-state index in [1.54, 1.807) is 31.2 Å². The van der Waals surface area contributed by atoms with E-state index in [1.165, 1.54) is 0 Å². The lowest BCUT2D eigenvalue weighted by molar-refractivity contribution is 0.264. The number of nitriles is 1. The van der Waals surface area contributed by atoms with Crippen molar-refractivity contribution in [3.05, 3.63) is 29.8 Å². The van der Waals surface area contributed by atoms with E-state index in [0.29, 0.717) is 6.42 Å². The summed E-state index contributed by atoms with van der Waals surface area (Å²) in [7, 11) is 0. The van der Waals surface area contributed by atoms with Crippen LogP contribution < -0.4 is 0 Å². The van der Waals surface area contributed by atoms with E-state index in [0.717, 1.165) is 5.56 Å². The summed E-state index contributed by atoms with van der Waals surface area (Å²) in [5.41, 5.74) is 0.134. The quantitative estimate of drug-likeness (QED) is 0.762. The van der Waals surface area contributed by atoms with Gasteiger partial charge in [0.2, 0.25) is 0 Å². The highest BCUT2D eigenvalue weighted by Gasteiger charge is 2.25. The smallest absolute Gasteiger partial charge is 0.115 e. The minimum Gasteiger partial charge on any atom is -0.508 e. The van der Waals surface area contributed by atoms with Crippen molar-refractivity contribution in [2.75, 3.05) is 6.61 Å². The minimum absolute atomic E-state index is 0.0229. The summed E-state index contributed by atoms with van der Waals surface area (Å²) in [6, 6.07) is 8.67. The van der Waals surface area contributed by atoms with Crippen LogP contribution in [0.15, 0.2) is 24.3 Å². The number of rotatable bonds is 3. The molecule has 0 fully saturated rings. The normalized spacial score (nSPS) is 14.4. The lowest BCUT2D eigenvalue weighted by atomic mass is 9.81. The molecular formula is C11H13NO2. The lowest BCUT2D eigenvalue weighted by Crippen LogP contribution is -2.20. The minimum atomic E-state index is -0.678. The fourth-order valence-electron chi connectivity index (χ4n) is 1.32. The van der Waals surface area contributed by atoms with E-state index in [4.69, 9.17) is 15.5 Å². The molecular weight excluding hydrogens is 178 g/mol. The number of nitrogens with zero attached hydrogens (tertiary/aromatic N) is 1. The van der Waals surface area contributed by atoms with E-state index in [-0.39, 0.29) is 12.4 Å². The zero-order chi connectivity index (χ0) is 10.6.